The second-order valence-electron chi connectivity index (χ2n) is 7.11. The number of benzene rings is 2. The minimum Gasteiger partial charge on any atom is -0.278 e. The predicted molar refractivity (Wildman–Crippen MR) is 112 cm³/mol. The number of hydrogen-bond acceptors (Lipinski definition) is 4. The van der Waals surface area contributed by atoms with E-state index in [2.05, 4.69) is 10.1 Å². The van der Waals surface area contributed by atoms with Crippen LogP contribution in [0.2, 0.25) is 0 Å². The molecule has 2 aromatic heterocycles. The minimum absolute atomic E-state index is 0.0958. The van der Waals surface area contributed by atoms with Crippen LogP contribution in [-0.4, -0.2) is 19.3 Å². The van der Waals surface area contributed by atoms with E-state index in [1.165, 1.54) is 23.6 Å². The first-order valence-corrected chi connectivity index (χ1v) is 9.53. The van der Waals surface area contributed by atoms with Crippen LogP contribution in [0.3, 0.4) is 0 Å². The second-order valence-corrected chi connectivity index (χ2v) is 7.11. The van der Waals surface area contributed by atoms with Crippen LogP contribution < -0.4 is 5.56 Å². The molecule has 0 radical (unpaired) electrons. The summed E-state index contributed by atoms with van der Waals surface area (Å²) in [4.78, 5) is 17.3. The quantitative estimate of drug-likeness (QED) is 0.472. The number of nitriles is 1. The molecule has 0 spiro atoms. The van der Waals surface area contributed by atoms with Gasteiger partial charge in [-0.3, -0.25) is 9.36 Å². The number of rotatable bonds is 3. The summed E-state index contributed by atoms with van der Waals surface area (Å²) < 4.78 is 42.5. The van der Waals surface area contributed by atoms with Gasteiger partial charge in [-0.05, 0) is 62.4 Å². The predicted octanol–water partition coefficient (Wildman–Crippen LogP) is 4.59. The van der Waals surface area contributed by atoms with Crippen LogP contribution in [0.4, 0.5) is 13.2 Å². The molecule has 6 nitrogen and oxygen atoms in total. The molecular weight excluding hydrogens is 419 g/mol. The zero-order chi connectivity index (χ0) is 23.0. The maximum Gasteiger partial charge on any atom is 0.416 e. The highest BCUT2D eigenvalue weighted by atomic mass is 19.4. The Labute approximate surface area is 180 Å². The molecule has 0 bridgehead atoms. The van der Waals surface area contributed by atoms with E-state index in [1.54, 1.807) is 48.1 Å². The molecule has 2 heterocycles. The van der Waals surface area contributed by atoms with E-state index in [1.807, 2.05) is 6.07 Å². The maximum absolute atomic E-state index is 13.2. The number of hydrogen-bond donors (Lipinski definition) is 0. The Bertz CT molecular complexity index is 1410. The Morgan fingerprint density at radius 1 is 1.00 bits per heavy atom. The topological polar surface area (TPSA) is 76.5 Å². The fourth-order valence-corrected chi connectivity index (χ4v) is 3.46. The van der Waals surface area contributed by atoms with Crippen LogP contribution in [0.5, 0.6) is 0 Å². The third-order valence-electron chi connectivity index (χ3n) is 5.03. The zero-order valence-corrected chi connectivity index (χ0v) is 17.1. The Balaban J connectivity index is 1.91. The van der Waals surface area contributed by atoms with Gasteiger partial charge in [-0.25, -0.2) is 9.67 Å². The van der Waals surface area contributed by atoms with Gasteiger partial charge in [-0.2, -0.15) is 23.5 Å². The standard InChI is InChI=1S/C23H16F3N5O/c1-14-22(32)30(19-5-3-4-17(12-19)23(24,25)26)15(2)21(29-14)20-10-11-28-31(20)18-8-6-16(13-27)7-9-18/h3-12H,1-2H3. The van der Waals surface area contributed by atoms with Gasteiger partial charge in [0.1, 0.15) is 11.4 Å². The molecule has 4 aromatic rings. The van der Waals surface area contributed by atoms with Crippen molar-refractivity contribution in [3.05, 3.63) is 93.7 Å². The van der Waals surface area contributed by atoms with Gasteiger partial charge in [-0.1, -0.05) is 6.07 Å². The summed E-state index contributed by atoms with van der Waals surface area (Å²) in [6, 6.07) is 15.1. The lowest BCUT2D eigenvalue weighted by Gasteiger charge is -2.17. The van der Waals surface area contributed by atoms with Crippen molar-refractivity contribution in [2.45, 2.75) is 20.0 Å². The van der Waals surface area contributed by atoms with Crippen molar-refractivity contribution in [2.24, 2.45) is 0 Å². The summed E-state index contributed by atoms with van der Waals surface area (Å²) in [5.74, 6) is 0. The largest absolute Gasteiger partial charge is 0.416 e. The fraction of sp³-hybridized carbons (Fsp3) is 0.130. The van der Waals surface area contributed by atoms with Gasteiger partial charge in [0.25, 0.3) is 5.56 Å². The average Bonchev–Trinajstić information content (AvgIpc) is 3.26. The first kappa shape index (κ1) is 21.1. The van der Waals surface area contributed by atoms with Gasteiger partial charge in [-0.15, -0.1) is 0 Å². The number of nitrogens with zero attached hydrogens (tertiary/aromatic N) is 5. The van der Waals surface area contributed by atoms with Crippen LogP contribution in [0.1, 0.15) is 22.5 Å². The highest BCUT2D eigenvalue weighted by Crippen LogP contribution is 2.31. The summed E-state index contributed by atoms with van der Waals surface area (Å²) in [5.41, 5.74) is 1.36. The smallest absolute Gasteiger partial charge is 0.278 e. The molecule has 0 amide bonds. The molecule has 0 atom stereocenters. The Hall–Kier alpha value is -4.19. The Morgan fingerprint density at radius 3 is 2.38 bits per heavy atom. The van der Waals surface area contributed by atoms with Gasteiger partial charge in [0.2, 0.25) is 0 Å². The molecule has 0 aliphatic carbocycles. The van der Waals surface area contributed by atoms with Gasteiger partial charge >= 0.3 is 6.18 Å². The molecule has 160 valence electrons. The van der Waals surface area contributed by atoms with Gasteiger partial charge in [0.05, 0.1) is 40.5 Å². The molecule has 32 heavy (non-hydrogen) atoms. The lowest BCUT2D eigenvalue weighted by atomic mass is 10.1. The van der Waals surface area contributed by atoms with E-state index in [9.17, 15) is 18.0 Å². The van der Waals surface area contributed by atoms with E-state index < -0.39 is 17.3 Å². The lowest BCUT2D eigenvalue weighted by Crippen LogP contribution is -2.26. The number of halogens is 3. The Kier molecular flexibility index (Phi) is 5.14. The zero-order valence-electron chi connectivity index (χ0n) is 17.1. The van der Waals surface area contributed by atoms with E-state index in [0.29, 0.717) is 28.3 Å². The summed E-state index contributed by atoms with van der Waals surface area (Å²) >= 11 is 0. The highest BCUT2D eigenvalue weighted by molar-refractivity contribution is 5.61. The second kappa shape index (κ2) is 7.81. The molecule has 0 saturated carbocycles. The molecule has 0 saturated heterocycles. The van der Waals surface area contributed by atoms with Crippen LogP contribution in [0.25, 0.3) is 22.8 Å². The normalized spacial score (nSPS) is 11.4. The number of alkyl halides is 3. The van der Waals surface area contributed by atoms with Gasteiger partial charge in [0, 0.05) is 5.69 Å². The summed E-state index contributed by atoms with van der Waals surface area (Å²) in [6.07, 6.45) is -2.98. The summed E-state index contributed by atoms with van der Waals surface area (Å²) in [6.45, 7) is 3.14. The molecular formula is C23H16F3N5O. The van der Waals surface area contributed by atoms with Crippen molar-refractivity contribution in [3.8, 4) is 28.8 Å². The maximum atomic E-state index is 13.2. The average molecular weight is 435 g/mol. The van der Waals surface area contributed by atoms with Crippen molar-refractivity contribution >= 4 is 0 Å². The third-order valence-corrected chi connectivity index (χ3v) is 5.03. The molecule has 9 heteroatoms. The summed E-state index contributed by atoms with van der Waals surface area (Å²) in [5, 5.41) is 13.3. The van der Waals surface area contributed by atoms with Crippen LogP contribution in [0, 0.1) is 25.2 Å². The van der Waals surface area contributed by atoms with Crippen LogP contribution in [0.15, 0.2) is 65.6 Å². The van der Waals surface area contributed by atoms with E-state index in [4.69, 9.17) is 5.26 Å². The van der Waals surface area contributed by atoms with Crippen LogP contribution in [-0.2, 0) is 6.18 Å². The third kappa shape index (κ3) is 3.67. The van der Waals surface area contributed by atoms with Crippen LogP contribution >= 0.6 is 0 Å². The first-order chi connectivity index (χ1) is 15.2. The summed E-state index contributed by atoms with van der Waals surface area (Å²) in [7, 11) is 0. The van der Waals surface area contributed by atoms with Gasteiger partial charge < -0.3 is 0 Å². The van der Waals surface area contributed by atoms with E-state index in [-0.39, 0.29) is 11.4 Å². The molecule has 0 unspecified atom stereocenters. The molecule has 0 fully saturated rings. The molecule has 0 aliphatic rings. The SMILES string of the molecule is Cc1nc(-c2ccnn2-c2ccc(C#N)cc2)c(C)n(-c2cccc(C(F)(F)F)c2)c1=O. The van der Waals surface area contributed by atoms with Crippen molar-refractivity contribution < 1.29 is 13.2 Å². The van der Waals surface area contributed by atoms with Crippen molar-refractivity contribution in [1.29, 1.82) is 5.26 Å². The monoisotopic (exact) mass is 435 g/mol. The molecule has 2 aromatic carbocycles. The first-order valence-electron chi connectivity index (χ1n) is 9.53. The molecule has 0 N–H and O–H groups in total. The van der Waals surface area contributed by atoms with E-state index in [0.717, 1.165) is 12.1 Å². The van der Waals surface area contributed by atoms with E-state index >= 15 is 0 Å². The van der Waals surface area contributed by atoms with Crippen molar-refractivity contribution in [3.63, 3.8) is 0 Å². The van der Waals surface area contributed by atoms with Crippen molar-refractivity contribution in [2.75, 3.05) is 0 Å². The number of aromatic nitrogens is 4. The van der Waals surface area contributed by atoms with Crippen molar-refractivity contribution in [1.82, 2.24) is 19.3 Å². The Morgan fingerprint density at radius 2 is 1.72 bits per heavy atom. The highest BCUT2D eigenvalue weighted by Gasteiger charge is 2.31. The minimum atomic E-state index is -4.54. The van der Waals surface area contributed by atoms with Gasteiger partial charge in [0.15, 0.2) is 0 Å². The number of aryl methyl sites for hydroxylation is 1. The fourth-order valence-electron chi connectivity index (χ4n) is 3.46. The lowest BCUT2D eigenvalue weighted by molar-refractivity contribution is -0.137. The molecule has 4 rings (SSSR count). The molecule has 0 aliphatic heterocycles.